The average Bonchev–Trinajstić information content (AvgIpc) is 3.31. The van der Waals surface area contributed by atoms with Gasteiger partial charge in [0.05, 0.1) is 5.56 Å². The van der Waals surface area contributed by atoms with Gasteiger partial charge in [-0.2, -0.15) is 11.3 Å². The summed E-state index contributed by atoms with van der Waals surface area (Å²) in [5.74, 6) is 0.500. The summed E-state index contributed by atoms with van der Waals surface area (Å²) in [6.07, 6.45) is 2.39. The van der Waals surface area contributed by atoms with Crippen LogP contribution in [0.15, 0.2) is 70.1 Å². The molecule has 3 aromatic heterocycles. The van der Waals surface area contributed by atoms with Crippen molar-refractivity contribution in [2.45, 2.75) is 6.10 Å². The number of nitrogens with zero attached hydrogens (tertiary/aromatic N) is 2. The van der Waals surface area contributed by atoms with E-state index in [2.05, 4.69) is 10.1 Å². The first-order chi connectivity index (χ1) is 12.2. The molecule has 4 aromatic rings. The van der Waals surface area contributed by atoms with Crippen molar-refractivity contribution in [1.29, 1.82) is 0 Å². The van der Waals surface area contributed by atoms with Crippen molar-refractivity contribution >= 4 is 22.9 Å². The van der Waals surface area contributed by atoms with Gasteiger partial charge >= 0.3 is 0 Å². The maximum atomic E-state index is 11.0. The van der Waals surface area contributed by atoms with Gasteiger partial charge in [-0.3, -0.25) is 4.98 Å². The number of pyridine rings is 1. The van der Waals surface area contributed by atoms with Crippen LogP contribution < -0.4 is 0 Å². The molecule has 0 amide bonds. The van der Waals surface area contributed by atoms with Crippen molar-refractivity contribution in [3.63, 3.8) is 0 Å². The highest BCUT2D eigenvalue weighted by atomic mass is 35.5. The summed E-state index contributed by atoms with van der Waals surface area (Å²) in [4.78, 5) is 4.09. The Morgan fingerprint density at radius 1 is 1.12 bits per heavy atom. The molecule has 0 bridgehead atoms. The first-order valence-corrected chi connectivity index (χ1v) is 8.92. The Morgan fingerprint density at radius 2 is 2.04 bits per heavy atom. The van der Waals surface area contributed by atoms with E-state index in [1.54, 1.807) is 41.9 Å². The average molecular weight is 369 g/mol. The zero-order valence-corrected chi connectivity index (χ0v) is 14.5. The number of aliphatic hydroxyl groups is 1. The van der Waals surface area contributed by atoms with E-state index in [0.717, 1.165) is 11.1 Å². The third-order valence-corrected chi connectivity index (χ3v) is 4.80. The smallest absolute Gasteiger partial charge is 0.173 e. The van der Waals surface area contributed by atoms with Gasteiger partial charge in [0.25, 0.3) is 0 Å². The molecule has 1 unspecified atom stereocenters. The molecule has 0 aliphatic heterocycles. The standard InChI is InChI=1S/C19H13ClN2O2S/c20-15-5-1-3-12(9-15)19-16(18(23)13-4-2-7-21-10-13)17(22-24-19)14-6-8-25-11-14/h1-11,18,23H. The van der Waals surface area contributed by atoms with Crippen molar-refractivity contribution in [1.82, 2.24) is 10.1 Å². The van der Waals surface area contributed by atoms with Gasteiger partial charge in [0, 0.05) is 39.5 Å². The minimum absolute atomic E-state index is 0.500. The van der Waals surface area contributed by atoms with E-state index in [0.29, 0.717) is 27.6 Å². The highest BCUT2D eigenvalue weighted by Gasteiger charge is 2.26. The molecule has 0 saturated carbocycles. The second kappa shape index (κ2) is 6.80. The van der Waals surface area contributed by atoms with E-state index in [9.17, 15) is 5.11 Å². The summed E-state index contributed by atoms with van der Waals surface area (Å²) in [5.41, 5.74) is 3.56. The van der Waals surface area contributed by atoms with Crippen LogP contribution in [0.2, 0.25) is 5.02 Å². The molecule has 0 aliphatic carbocycles. The van der Waals surface area contributed by atoms with Crippen molar-refractivity contribution in [3.8, 4) is 22.6 Å². The Morgan fingerprint density at radius 3 is 2.76 bits per heavy atom. The largest absolute Gasteiger partial charge is 0.383 e. The lowest BCUT2D eigenvalue weighted by Crippen LogP contribution is -2.02. The summed E-state index contributed by atoms with van der Waals surface area (Å²) in [6.45, 7) is 0. The zero-order chi connectivity index (χ0) is 17.2. The van der Waals surface area contributed by atoms with Gasteiger partial charge in [-0.1, -0.05) is 35.0 Å². The van der Waals surface area contributed by atoms with Crippen molar-refractivity contribution in [3.05, 3.63) is 81.8 Å². The first kappa shape index (κ1) is 16.0. The summed E-state index contributed by atoms with van der Waals surface area (Å²) in [7, 11) is 0. The Kier molecular flexibility index (Phi) is 4.36. The van der Waals surface area contributed by atoms with Crippen LogP contribution >= 0.6 is 22.9 Å². The molecule has 0 radical (unpaired) electrons. The lowest BCUT2D eigenvalue weighted by molar-refractivity contribution is 0.220. The van der Waals surface area contributed by atoms with Gasteiger partial charge in [-0.05, 0) is 29.6 Å². The fourth-order valence-electron chi connectivity index (χ4n) is 2.70. The third kappa shape index (κ3) is 3.09. The third-order valence-electron chi connectivity index (χ3n) is 3.88. The van der Waals surface area contributed by atoms with Crippen LogP contribution in [0, 0.1) is 0 Å². The van der Waals surface area contributed by atoms with Gasteiger partial charge in [0.1, 0.15) is 11.8 Å². The highest BCUT2D eigenvalue weighted by molar-refractivity contribution is 7.08. The van der Waals surface area contributed by atoms with Crippen LogP contribution in [0.3, 0.4) is 0 Å². The number of aromatic nitrogens is 2. The van der Waals surface area contributed by atoms with Crippen LogP contribution in [0.1, 0.15) is 17.2 Å². The maximum absolute atomic E-state index is 11.0. The number of hydrogen-bond acceptors (Lipinski definition) is 5. The SMILES string of the molecule is OC(c1cccnc1)c1c(-c2ccsc2)noc1-c1cccc(Cl)c1. The van der Waals surface area contributed by atoms with E-state index >= 15 is 0 Å². The topological polar surface area (TPSA) is 59.2 Å². The molecule has 0 aliphatic rings. The van der Waals surface area contributed by atoms with E-state index in [-0.39, 0.29) is 0 Å². The highest BCUT2D eigenvalue weighted by Crippen LogP contribution is 2.39. The van der Waals surface area contributed by atoms with Gasteiger partial charge in [-0.15, -0.1) is 0 Å². The molecule has 1 aromatic carbocycles. The molecule has 4 rings (SSSR count). The fraction of sp³-hybridized carbons (Fsp3) is 0.0526. The monoisotopic (exact) mass is 368 g/mol. The van der Waals surface area contributed by atoms with E-state index < -0.39 is 6.10 Å². The number of rotatable bonds is 4. The minimum Gasteiger partial charge on any atom is -0.383 e. The second-order valence-electron chi connectivity index (χ2n) is 5.49. The van der Waals surface area contributed by atoms with Crippen LogP contribution in [0.25, 0.3) is 22.6 Å². The first-order valence-electron chi connectivity index (χ1n) is 7.60. The van der Waals surface area contributed by atoms with Gasteiger partial charge < -0.3 is 9.63 Å². The summed E-state index contributed by atoms with van der Waals surface area (Å²) < 4.78 is 5.62. The lowest BCUT2D eigenvalue weighted by atomic mass is 9.96. The van der Waals surface area contributed by atoms with Crippen molar-refractivity contribution in [2.75, 3.05) is 0 Å². The Hall–Kier alpha value is -2.47. The Labute approximate surface area is 153 Å². The van der Waals surface area contributed by atoms with Gasteiger partial charge in [-0.25, -0.2) is 0 Å². The molecular weight excluding hydrogens is 356 g/mol. The molecule has 4 nitrogen and oxygen atoms in total. The lowest BCUT2D eigenvalue weighted by Gasteiger charge is -2.12. The Balaban J connectivity index is 1.91. The van der Waals surface area contributed by atoms with Crippen molar-refractivity contribution < 1.29 is 9.63 Å². The predicted molar refractivity (Wildman–Crippen MR) is 98.6 cm³/mol. The summed E-state index contributed by atoms with van der Waals surface area (Å²) >= 11 is 7.68. The Bertz CT molecular complexity index is 984. The van der Waals surface area contributed by atoms with Gasteiger partial charge in [0.15, 0.2) is 5.76 Å². The fourth-order valence-corrected chi connectivity index (χ4v) is 3.53. The van der Waals surface area contributed by atoms with Crippen molar-refractivity contribution in [2.24, 2.45) is 0 Å². The van der Waals surface area contributed by atoms with E-state index in [1.807, 2.05) is 35.0 Å². The molecule has 6 heteroatoms. The van der Waals surface area contributed by atoms with E-state index in [1.165, 1.54) is 0 Å². The summed E-state index contributed by atoms with van der Waals surface area (Å²) in [5, 5.41) is 19.7. The molecule has 25 heavy (non-hydrogen) atoms. The number of benzene rings is 1. The van der Waals surface area contributed by atoms with Crippen LogP contribution in [0.4, 0.5) is 0 Å². The molecule has 1 atom stereocenters. The molecule has 0 fully saturated rings. The number of hydrogen-bond donors (Lipinski definition) is 1. The molecule has 3 heterocycles. The van der Waals surface area contributed by atoms with E-state index in [4.69, 9.17) is 16.1 Å². The van der Waals surface area contributed by atoms with Crippen LogP contribution in [0.5, 0.6) is 0 Å². The number of thiophene rings is 1. The number of halogens is 1. The quantitative estimate of drug-likeness (QED) is 0.537. The predicted octanol–water partition coefficient (Wildman–Crippen LogP) is 5.20. The van der Waals surface area contributed by atoms with Crippen LogP contribution in [-0.4, -0.2) is 15.2 Å². The molecule has 0 saturated heterocycles. The normalized spacial score (nSPS) is 12.2. The maximum Gasteiger partial charge on any atom is 0.173 e. The summed E-state index contributed by atoms with van der Waals surface area (Å²) in [6, 6.07) is 12.9. The minimum atomic E-state index is -0.913. The zero-order valence-electron chi connectivity index (χ0n) is 13.0. The molecular formula is C19H13ClN2O2S. The number of aliphatic hydroxyl groups excluding tert-OH is 1. The molecule has 0 spiro atoms. The van der Waals surface area contributed by atoms with Gasteiger partial charge in [0.2, 0.25) is 0 Å². The van der Waals surface area contributed by atoms with Crippen LogP contribution in [-0.2, 0) is 0 Å². The molecule has 1 N–H and O–H groups in total. The molecule has 124 valence electrons. The second-order valence-corrected chi connectivity index (χ2v) is 6.70.